The molecular formula is C19H31N3O. The molecule has 1 aliphatic rings. The lowest BCUT2D eigenvalue weighted by Crippen LogP contribution is -2.54. The molecule has 4 nitrogen and oxygen atoms in total. The van der Waals surface area contributed by atoms with E-state index < -0.39 is 0 Å². The SMILES string of the molecule is Cc1cccc(N2CCN([C@@H](C)C(=O)NCC(C)C)CC2)c1C. The Balaban J connectivity index is 1.90. The maximum atomic E-state index is 12.2. The Morgan fingerprint density at radius 3 is 2.39 bits per heavy atom. The molecule has 0 saturated carbocycles. The van der Waals surface area contributed by atoms with Crippen LogP contribution in [0.2, 0.25) is 0 Å². The Kier molecular flexibility index (Phi) is 6.05. The molecule has 1 atom stereocenters. The van der Waals surface area contributed by atoms with Gasteiger partial charge in [-0.15, -0.1) is 0 Å². The van der Waals surface area contributed by atoms with Crippen molar-refractivity contribution in [3.63, 3.8) is 0 Å². The molecule has 0 unspecified atom stereocenters. The Morgan fingerprint density at radius 1 is 1.13 bits per heavy atom. The molecule has 1 aromatic carbocycles. The molecule has 1 aliphatic heterocycles. The van der Waals surface area contributed by atoms with Crippen molar-refractivity contribution in [2.75, 3.05) is 37.6 Å². The number of amides is 1. The van der Waals surface area contributed by atoms with Gasteiger partial charge in [0.2, 0.25) is 5.91 Å². The second-order valence-electron chi connectivity index (χ2n) is 7.06. The van der Waals surface area contributed by atoms with Crippen LogP contribution in [-0.2, 0) is 4.79 Å². The first-order chi connectivity index (χ1) is 10.9. The number of anilines is 1. The van der Waals surface area contributed by atoms with Gasteiger partial charge in [0.1, 0.15) is 0 Å². The fourth-order valence-electron chi connectivity index (χ4n) is 3.05. The topological polar surface area (TPSA) is 35.6 Å². The minimum atomic E-state index is -0.0468. The lowest BCUT2D eigenvalue weighted by molar-refractivity contribution is -0.126. The molecule has 0 aliphatic carbocycles. The molecule has 1 heterocycles. The smallest absolute Gasteiger partial charge is 0.237 e. The average molecular weight is 317 g/mol. The van der Waals surface area contributed by atoms with E-state index in [2.05, 4.69) is 61.0 Å². The van der Waals surface area contributed by atoms with Gasteiger partial charge in [-0.05, 0) is 43.9 Å². The van der Waals surface area contributed by atoms with Crippen molar-refractivity contribution in [2.24, 2.45) is 5.92 Å². The highest BCUT2D eigenvalue weighted by molar-refractivity contribution is 5.81. The number of rotatable bonds is 5. The van der Waals surface area contributed by atoms with Crippen LogP contribution in [0.3, 0.4) is 0 Å². The van der Waals surface area contributed by atoms with Gasteiger partial charge in [0.05, 0.1) is 6.04 Å². The number of carbonyl (C=O) groups is 1. The van der Waals surface area contributed by atoms with Gasteiger partial charge in [-0.1, -0.05) is 26.0 Å². The van der Waals surface area contributed by atoms with E-state index in [4.69, 9.17) is 0 Å². The summed E-state index contributed by atoms with van der Waals surface area (Å²) in [5.41, 5.74) is 4.04. The molecule has 0 spiro atoms. The van der Waals surface area contributed by atoms with Crippen LogP contribution >= 0.6 is 0 Å². The number of carbonyl (C=O) groups excluding carboxylic acids is 1. The van der Waals surface area contributed by atoms with E-state index in [0.717, 1.165) is 32.7 Å². The summed E-state index contributed by atoms with van der Waals surface area (Å²) in [5, 5.41) is 3.04. The van der Waals surface area contributed by atoms with Gasteiger partial charge in [0.15, 0.2) is 0 Å². The molecule has 2 rings (SSSR count). The Labute approximate surface area is 140 Å². The monoisotopic (exact) mass is 317 g/mol. The van der Waals surface area contributed by atoms with E-state index in [0.29, 0.717) is 5.92 Å². The van der Waals surface area contributed by atoms with E-state index in [1.165, 1.54) is 16.8 Å². The van der Waals surface area contributed by atoms with Crippen LogP contribution in [0.4, 0.5) is 5.69 Å². The van der Waals surface area contributed by atoms with E-state index in [9.17, 15) is 4.79 Å². The van der Waals surface area contributed by atoms with Crippen molar-refractivity contribution in [3.05, 3.63) is 29.3 Å². The first-order valence-corrected chi connectivity index (χ1v) is 8.73. The van der Waals surface area contributed by atoms with Crippen LogP contribution in [0.15, 0.2) is 18.2 Å². The zero-order valence-electron chi connectivity index (χ0n) is 15.2. The van der Waals surface area contributed by atoms with Crippen molar-refractivity contribution in [2.45, 2.75) is 40.7 Å². The molecule has 1 saturated heterocycles. The predicted molar refractivity (Wildman–Crippen MR) is 97.0 cm³/mol. The van der Waals surface area contributed by atoms with Gasteiger partial charge in [0.25, 0.3) is 0 Å². The second-order valence-corrected chi connectivity index (χ2v) is 7.06. The fraction of sp³-hybridized carbons (Fsp3) is 0.632. The molecule has 23 heavy (non-hydrogen) atoms. The third-order valence-electron chi connectivity index (χ3n) is 4.84. The number of nitrogens with zero attached hydrogens (tertiary/aromatic N) is 2. The Morgan fingerprint density at radius 2 is 1.78 bits per heavy atom. The number of hydrogen-bond acceptors (Lipinski definition) is 3. The minimum absolute atomic E-state index is 0.0468. The molecule has 1 aromatic rings. The molecular weight excluding hydrogens is 286 g/mol. The fourth-order valence-corrected chi connectivity index (χ4v) is 3.05. The zero-order chi connectivity index (χ0) is 17.0. The maximum Gasteiger partial charge on any atom is 0.237 e. The maximum absolute atomic E-state index is 12.2. The van der Waals surface area contributed by atoms with Gasteiger partial charge in [-0.25, -0.2) is 0 Å². The summed E-state index contributed by atoms with van der Waals surface area (Å²) < 4.78 is 0. The van der Waals surface area contributed by atoms with E-state index in [-0.39, 0.29) is 11.9 Å². The normalized spacial score (nSPS) is 17.4. The quantitative estimate of drug-likeness (QED) is 0.907. The molecule has 4 heteroatoms. The van der Waals surface area contributed by atoms with E-state index in [1.807, 2.05) is 6.92 Å². The summed E-state index contributed by atoms with van der Waals surface area (Å²) in [6, 6.07) is 6.45. The van der Waals surface area contributed by atoms with Gasteiger partial charge >= 0.3 is 0 Å². The third-order valence-corrected chi connectivity index (χ3v) is 4.84. The summed E-state index contributed by atoms with van der Waals surface area (Å²) in [4.78, 5) is 17.0. The summed E-state index contributed by atoms with van der Waals surface area (Å²) in [6.45, 7) is 15.2. The second kappa shape index (κ2) is 7.82. The molecule has 1 amide bonds. The van der Waals surface area contributed by atoms with Crippen LogP contribution < -0.4 is 10.2 Å². The van der Waals surface area contributed by atoms with Crippen molar-refractivity contribution >= 4 is 11.6 Å². The predicted octanol–water partition coefficient (Wildman–Crippen LogP) is 2.59. The highest BCUT2D eigenvalue weighted by Gasteiger charge is 2.26. The van der Waals surface area contributed by atoms with Gasteiger partial charge in [-0.2, -0.15) is 0 Å². The molecule has 1 N–H and O–H groups in total. The average Bonchev–Trinajstić information content (AvgIpc) is 2.54. The highest BCUT2D eigenvalue weighted by Crippen LogP contribution is 2.24. The lowest BCUT2D eigenvalue weighted by atomic mass is 10.1. The lowest BCUT2D eigenvalue weighted by Gasteiger charge is -2.39. The van der Waals surface area contributed by atoms with Crippen LogP contribution in [0.5, 0.6) is 0 Å². The van der Waals surface area contributed by atoms with Crippen LogP contribution in [0, 0.1) is 19.8 Å². The van der Waals surface area contributed by atoms with Gasteiger partial charge in [-0.3, -0.25) is 9.69 Å². The zero-order valence-corrected chi connectivity index (χ0v) is 15.2. The van der Waals surface area contributed by atoms with Crippen molar-refractivity contribution in [1.29, 1.82) is 0 Å². The van der Waals surface area contributed by atoms with Crippen molar-refractivity contribution in [3.8, 4) is 0 Å². The minimum Gasteiger partial charge on any atom is -0.369 e. The summed E-state index contributed by atoms with van der Waals surface area (Å²) in [7, 11) is 0. The molecule has 128 valence electrons. The van der Waals surface area contributed by atoms with Gasteiger partial charge in [0, 0.05) is 38.4 Å². The molecule has 0 radical (unpaired) electrons. The number of aryl methyl sites for hydroxylation is 1. The Bertz CT molecular complexity index is 533. The summed E-state index contributed by atoms with van der Waals surface area (Å²) in [6.07, 6.45) is 0. The number of hydrogen-bond donors (Lipinski definition) is 1. The van der Waals surface area contributed by atoms with Crippen molar-refractivity contribution < 1.29 is 4.79 Å². The standard InChI is InChI=1S/C19H31N3O/c1-14(2)13-20-19(23)17(5)21-9-11-22(12-10-21)18-8-6-7-15(3)16(18)4/h6-8,14,17H,9-13H2,1-5H3,(H,20,23)/t17-/m0/s1. The van der Waals surface area contributed by atoms with E-state index >= 15 is 0 Å². The van der Waals surface area contributed by atoms with Gasteiger partial charge < -0.3 is 10.2 Å². The number of benzene rings is 1. The molecule has 0 bridgehead atoms. The van der Waals surface area contributed by atoms with Crippen molar-refractivity contribution in [1.82, 2.24) is 10.2 Å². The van der Waals surface area contributed by atoms with Crippen LogP contribution in [0.1, 0.15) is 31.9 Å². The van der Waals surface area contributed by atoms with Crippen LogP contribution in [0.25, 0.3) is 0 Å². The van der Waals surface area contributed by atoms with Crippen LogP contribution in [-0.4, -0.2) is 49.6 Å². The summed E-state index contributed by atoms with van der Waals surface area (Å²) >= 11 is 0. The first-order valence-electron chi connectivity index (χ1n) is 8.73. The molecule has 0 aromatic heterocycles. The number of nitrogens with one attached hydrogen (secondary N) is 1. The largest absolute Gasteiger partial charge is 0.369 e. The number of piperazine rings is 1. The third kappa shape index (κ3) is 4.47. The molecule has 1 fully saturated rings. The first kappa shape index (κ1) is 17.8. The summed E-state index contributed by atoms with van der Waals surface area (Å²) in [5.74, 6) is 0.645. The highest BCUT2D eigenvalue weighted by atomic mass is 16.2. The van der Waals surface area contributed by atoms with E-state index in [1.54, 1.807) is 0 Å². The Hall–Kier alpha value is -1.55.